The second kappa shape index (κ2) is 11.6. The SMILES string of the molecule is CCN(C(=O)c1cc(F)ccc1Oc1cncnc1N1CC2(CCN(CC3(O)CCC(N)CC3)CC2)C1)C(C)C. The Bertz CT molecular complexity index is 1190. The van der Waals surface area contributed by atoms with Gasteiger partial charge in [-0.05, 0) is 90.6 Å². The zero-order chi connectivity index (χ0) is 28.5. The lowest BCUT2D eigenvalue weighted by Crippen LogP contribution is -2.61. The van der Waals surface area contributed by atoms with Crippen molar-refractivity contribution in [2.45, 2.75) is 77.0 Å². The first-order valence-electron chi connectivity index (χ1n) is 14.6. The molecule has 0 bridgehead atoms. The number of ether oxygens (including phenoxy) is 1. The summed E-state index contributed by atoms with van der Waals surface area (Å²) in [5.41, 5.74) is 5.83. The number of hydrogen-bond acceptors (Lipinski definition) is 8. The first kappa shape index (κ1) is 28.7. The number of nitrogens with two attached hydrogens (primary N) is 1. The van der Waals surface area contributed by atoms with Crippen molar-refractivity contribution in [3.05, 3.63) is 42.1 Å². The number of rotatable bonds is 8. The first-order chi connectivity index (χ1) is 19.1. The van der Waals surface area contributed by atoms with E-state index in [1.54, 1.807) is 11.1 Å². The van der Waals surface area contributed by atoms with Gasteiger partial charge in [0, 0.05) is 43.7 Å². The number of aliphatic hydroxyl groups is 1. The Balaban J connectivity index is 1.23. The Morgan fingerprint density at radius 3 is 2.55 bits per heavy atom. The van der Waals surface area contributed by atoms with Crippen LogP contribution in [0.4, 0.5) is 10.2 Å². The van der Waals surface area contributed by atoms with Crippen LogP contribution in [0, 0.1) is 11.2 Å². The molecule has 1 spiro atoms. The summed E-state index contributed by atoms with van der Waals surface area (Å²) in [7, 11) is 0. The number of hydrogen-bond donors (Lipinski definition) is 2. The number of aromatic nitrogens is 2. The maximum absolute atomic E-state index is 14.2. The summed E-state index contributed by atoms with van der Waals surface area (Å²) in [5, 5.41) is 11.0. The maximum atomic E-state index is 14.2. The number of benzene rings is 1. The Morgan fingerprint density at radius 2 is 1.90 bits per heavy atom. The van der Waals surface area contributed by atoms with Crippen LogP contribution in [-0.2, 0) is 0 Å². The number of piperidine rings is 1. The Kier molecular flexibility index (Phi) is 8.31. The van der Waals surface area contributed by atoms with Gasteiger partial charge in [0.05, 0.1) is 17.4 Å². The van der Waals surface area contributed by atoms with Gasteiger partial charge >= 0.3 is 0 Å². The molecule has 1 saturated carbocycles. The third kappa shape index (κ3) is 6.09. The normalized spacial score (nSPS) is 24.7. The predicted octanol–water partition coefficient (Wildman–Crippen LogP) is 3.81. The van der Waals surface area contributed by atoms with E-state index < -0.39 is 11.4 Å². The lowest BCUT2D eigenvalue weighted by atomic mass is 9.71. The number of carbonyl (C=O) groups is 1. The minimum absolute atomic E-state index is 0.0307. The van der Waals surface area contributed by atoms with Crippen LogP contribution in [0.25, 0.3) is 0 Å². The molecule has 1 amide bonds. The van der Waals surface area contributed by atoms with Crippen molar-refractivity contribution >= 4 is 11.7 Å². The van der Waals surface area contributed by atoms with Crippen LogP contribution in [0.5, 0.6) is 11.5 Å². The highest BCUT2D eigenvalue weighted by Crippen LogP contribution is 2.45. The van der Waals surface area contributed by atoms with E-state index in [0.29, 0.717) is 18.1 Å². The van der Waals surface area contributed by atoms with Gasteiger partial charge in [-0.15, -0.1) is 0 Å². The van der Waals surface area contributed by atoms with Crippen molar-refractivity contribution < 1.29 is 19.0 Å². The van der Waals surface area contributed by atoms with Crippen molar-refractivity contribution in [1.82, 2.24) is 19.8 Å². The van der Waals surface area contributed by atoms with Gasteiger partial charge in [-0.1, -0.05) is 0 Å². The average molecular weight is 555 g/mol. The third-order valence-electron chi connectivity index (χ3n) is 9.02. The molecule has 2 aromatic rings. The van der Waals surface area contributed by atoms with Crippen LogP contribution in [0.3, 0.4) is 0 Å². The molecule has 2 saturated heterocycles. The van der Waals surface area contributed by atoms with Crippen LogP contribution in [0.15, 0.2) is 30.7 Å². The van der Waals surface area contributed by atoms with Crippen molar-refractivity contribution in [1.29, 1.82) is 0 Å². The van der Waals surface area contributed by atoms with Gasteiger partial charge < -0.3 is 30.3 Å². The summed E-state index contributed by atoms with van der Waals surface area (Å²) in [5.74, 6) is 0.637. The molecular weight excluding hydrogens is 511 g/mol. The number of amides is 1. The number of carbonyl (C=O) groups excluding carboxylic acids is 1. The van der Waals surface area contributed by atoms with Gasteiger partial charge in [0.2, 0.25) is 0 Å². The fourth-order valence-electron chi connectivity index (χ4n) is 6.56. The first-order valence-corrected chi connectivity index (χ1v) is 14.6. The van der Waals surface area contributed by atoms with E-state index in [-0.39, 0.29) is 34.7 Å². The highest BCUT2D eigenvalue weighted by atomic mass is 19.1. The highest BCUT2D eigenvalue weighted by molar-refractivity contribution is 5.97. The fourth-order valence-corrected chi connectivity index (χ4v) is 6.56. The second-order valence-corrected chi connectivity index (χ2v) is 12.3. The molecule has 3 heterocycles. The molecule has 0 radical (unpaired) electrons. The molecular formula is C30H43FN6O3. The number of likely N-dealkylation sites (tertiary alicyclic amines) is 1. The molecule has 0 unspecified atom stereocenters. The van der Waals surface area contributed by atoms with Crippen LogP contribution in [0.2, 0.25) is 0 Å². The van der Waals surface area contributed by atoms with Gasteiger partial charge in [-0.3, -0.25) is 4.79 Å². The predicted molar refractivity (Wildman–Crippen MR) is 152 cm³/mol. The minimum atomic E-state index is -0.608. The van der Waals surface area contributed by atoms with E-state index >= 15 is 0 Å². The molecule has 40 heavy (non-hydrogen) atoms. The Hall–Kier alpha value is -2.82. The maximum Gasteiger partial charge on any atom is 0.257 e. The number of halogens is 1. The molecule has 2 aliphatic heterocycles. The zero-order valence-corrected chi connectivity index (χ0v) is 24.0. The van der Waals surface area contributed by atoms with Gasteiger partial charge in [0.25, 0.3) is 5.91 Å². The summed E-state index contributed by atoms with van der Waals surface area (Å²) in [6, 6.07) is 4.22. The summed E-state index contributed by atoms with van der Waals surface area (Å²) in [6.07, 6.45) is 8.61. The molecule has 0 atom stereocenters. The van der Waals surface area contributed by atoms with E-state index in [0.717, 1.165) is 71.2 Å². The lowest BCUT2D eigenvalue weighted by Gasteiger charge is -2.55. The third-order valence-corrected chi connectivity index (χ3v) is 9.02. The van der Waals surface area contributed by atoms with Crippen LogP contribution >= 0.6 is 0 Å². The van der Waals surface area contributed by atoms with Crippen molar-refractivity contribution in [3.8, 4) is 11.5 Å². The summed E-state index contributed by atoms with van der Waals surface area (Å²) >= 11 is 0. The number of anilines is 1. The average Bonchev–Trinajstić information content (AvgIpc) is 2.91. The standard InChI is InChI=1S/C30H43FN6O3/c1-4-37(21(2)3)28(38)24-15-22(31)5-6-25(24)40-26-16-33-20-34-27(26)36-17-29(18-36)11-13-35(14-12-29)19-30(39)9-7-23(32)8-10-30/h5-6,15-16,20-21,23,39H,4,7-14,17-19,32H2,1-3H3. The molecule has 1 aromatic heterocycles. The molecule has 218 valence electrons. The van der Waals surface area contributed by atoms with Crippen molar-refractivity contribution in [2.24, 2.45) is 11.1 Å². The fraction of sp³-hybridized carbons (Fsp3) is 0.633. The quantitative estimate of drug-likeness (QED) is 0.507. The topological polar surface area (TPSA) is 108 Å². The summed E-state index contributed by atoms with van der Waals surface area (Å²) < 4.78 is 20.4. The van der Waals surface area contributed by atoms with Crippen LogP contribution < -0.4 is 15.4 Å². The van der Waals surface area contributed by atoms with E-state index in [1.807, 2.05) is 20.8 Å². The number of nitrogens with zero attached hydrogens (tertiary/aromatic N) is 5. The molecule has 10 heteroatoms. The van der Waals surface area contributed by atoms with Crippen LogP contribution in [0.1, 0.15) is 69.7 Å². The molecule has 9 nitrogen and oxygen atoms in total. The summed E-state index contributed by atoms with van der Waals surface area (Å²) in [6.45, 7) is 10.7. The zero-order valence-electron chi connectivity index (χ0n) is 24.0. The molecule has 5 rings (SSSR count). The monoisotopic (exact) mass is 554 g/mol. The molecule has 3 fully saturated rings. The van der Waals surface area contributed by atoms with Gasteiger partial charge in [-0.2, -0.15) is 0 Å². The summed E-state index contributed by atoms with van der Waals surface area (Å²) in [4.78, 5) is 28.2. The molecule has 1 aromatic carbocycles. The second-order valence-electron chi connectivity index (χ2n) is 12.3. The van der Waals surface area contributed by atoms with Crippen molar-refractivity contribution in [2.75, 3.05) is 44.2 Å². The number of β-amino-alcohol motifs (C(OH)–C–C–N with tert-alkyl or cyclic N) is 1. The van der Waals surface area contributed by atoms with E-state index in [9.17, 15) is 14.3 Å². The molecule has 1 aliphatic carbocycles. The Morgan fingerprint density at radius 1 is 1.20 bits per heavy atom. The van der Waals surface area contributed by atoms with Crippen LogP contribution in [-0.4, -0.2) is 87.7 Å². The smallest absolute Gasteiger partial charge is 0.257 e. The van der Waals surface area contributed by atoms with Gasteiger partial charge in [0.15, 0.2) is 11.6 Å². The van der Waals surface area contributed by atoms with Gasteiger partial charge in [0.1, 0.15) is 17.9 Å². The van der Waals surface area contributed by atoms with E-state index in [1.165, 1.54) is 24.5 Å². The molecule has 3 N–H and O–H groups in total. The minimum Gasteiger partial charge on any atom is -0.451 e. The van der Waals surface area contributed by atoms with E-state index in [2.05, 4.69) is 19.8 Å². The van der Waals surface area contributed by atoms with Crippen molar-refractivity contribution in [3.63, 3.8) is 0 Å². The lowest BCUT2D eigenvalue weighted by molar-refractivity contribution is -0.0447. The molecule has 3 aliphatic rings. The largest absolute Gasteiger partial charge is 0.451 e. The van der Waals surface area contributed by atoms with Gasteiger partial charge in [-0.25, -0.2) is 14.4 Å². The highest BCUT2D eigenvalue weighted by Gasteiger charge is 2.47. The Labute approximate surface area is 236 Å². The van der Waals surface area contributed by atoms with E-state index in [4.69, 9.17) is 10.5 Å².